The average Bonchev–Trinajstić information content (AvgIpc) is 3.32. The lowest BCUT2D eigenvalue weighted by molar-refractivity contribution is 0.0960. The number of pyridine rings is 1. The van der Waals surface area contributed by atoms with E-state index in [1.165, 1.54) is 18.2 Å². The molecular formula is C22H16ClFN4O2. The van der Waals surface area contributed by atoms with Crippen LogP contribution in [0.4, 0.5) is 20.6 Å². The number of aromatic nitrogens is 1. The zero-order valence-corrected chi connectivity index (χ0v) is 16.4. The first-order chi connectivity index (χ1) is 14.5. The molecule has 0 radical (unpaired) electrons. The third kappa shape index (κ3) is 2.98. The largest absolute Gasteiger partial charge is 0.341 e. The van der Waals surface area contributed by atoms with Crippen molar-refractivity contribution in [1.82, 2.24) is 10.3 Å². The van der Waals surface area contributed by atoms with Gasteiger partial charge in [0.2, 0.25) is 0 Å². The van der Waals surface area contributed by atoms with E-state index in [1.807, 2.05) is 0 Å². The van der Waals surface area contributed by atoms with Crippen LogP contribution in [0.25, 0.3) is 0 Å². The quantitative estimate of drug-likeness (QED) is 0.646. The molecular weight excluding hydrogens is 407 g/mol. The summed E-state index contributed by atoms with van der Waals surface area (Å²) in [6.45, 7) is 0.540. The number of benzene rings is 2. The Balaban J connectivity index is 1.52. The lowest BCUT2D eigenvalue weighted by Gasteiger charge is -2.21. The topological polar surface area (TPSA) is 74.3 Å². The van der Waals surface area contributed by atoms with E-state index in [2.05, 4.69) is 15.6 Å². The Morgan fingerprint density at radius 3 is 3.00 bits per heavy atom. The fourth-order valence-corrected chi connectivity index (χ4v) is 4.28. The van der Waals surface area contributed by atoms with Crippen molar-refractivity contribution in [3.8, 4) is 0 Å². The second kappa shape index (κ2) is 7.11. The van der Waals surface area contributed by atoms with Crippen molar-refractivity contribution >= 4 is 34.9 Å². The molecule has 1 aromatic heterocycles. The van der Waals surface area contributed by atoms with Crippen LogP contribution in [0, 0.1) is 5.82 Å². The summed E-state index contributed by atoms with van der Waals surface area (Å²) in [5.41, 5.74) is 3.72. The monoisotopic (exact) mass is 422 g/mol. The molecule has 6 nitrogen and oxygen atoms in total. The first-order valence-corrected chi connectivity index (χ1v) is 9.81. The lowest BCUT2D eigenvalue weighted by Crippen LogP contribution is -2.33. The van der Waals surface area contributed by atoms with E-state index in [1.54, 1.807) is 41.6 Å². The maximum absolute atomic E-state index is 13.9. The number of nitrogens with one attached hydrogen (secondary N) is 2. The molecule has 30 heavy (non-hydrogen) atoms. The minimum atomic E-state index is -0.665. The summed E-state index contributed by atoms with van der Waals surface area (Å²) in [7, 11) is 0. The van der Waals surface area contributed by atoms with Gasteiger partial charge in [-0.25, -0.2) is 9.18 Å². The predicted octanol–water partition coefficient (Wildman–Crippen LogP) is 4.30. The molecule has 2 aliphatic heterocycles. The Labute approximate surface area is 176 Å². The maximum Gasteiger partial charge on any atom is 0.326 e. The van der Waals surface area contributed by atoms with Gasteiger partial charge in [-0.05, 0) is 48.4 Å². The van der Waals surface area contributed by atoms with Gasteiger partial charge < -0.3 is 10.6 Å². The molecule has 8 heteroatoms. The lowest BCUT2D eigenvalue weighted by atomic mass is 9.96. The molecule has 0 bridgehead atoms. The van der Waals surface area contributed by atoms with Crippen LogP contribution in [0.15, 0.2) is 54.9 Å². The number of rotatable bonds is 2. The molecule has 2 aliphatic rings. The molecule has 2 aromatic carbocycles. The highest BCUT2D eigenvalue weighted by molar-refractivity contribution is 6.31. The van der Waals surface area contributed by atoms with Crippen molar-refractivity contribution in [3.63, 3.8) is 0 Å². The molecule has 0 aliphatic carbocycles. The molecule has 3 aromatic rings. The summed E-state index contributed by atoms with van der Waals surface area (Å²) in [5.74, 6) is -0.759. The molecule has 0 saturated heterocycles. The van der Waals surface area contributed by atoms with Gasteiger partial charge in [-0.3, -0.25) is 14.7 Å². The summed E-state index contributed by atoms with van der Waals surface area (Å²) in [5, 5.41) is 6.09. The molecule has 150 valence electrons. The normalized spacial score (nSPS) is 16.8. The molecule has 1 atom stereocenters. The third-order valence-corrected chi connectivity index (χ3v) is 5.79. The number of hydrogen-bond acceptors (Lipinski definition) is 3. The molecule has 0 spiro atoms. The van der Waals surface area contributed by atoms with Gasteiger partial charge >= 0.3 is 6.03 Å². The van der Waals surface area contributed by atoms with Crippen LogP contribution in [0.1, 0.15) is 33.1 Å². The molecule has 1 unspecified atom stereocenters. The van der Waals surface area contributed by atoms with E-state index in [0.29, 0.717) is 33.9 Å². The van der Waals surface area contributed by atoms with Gasteiger partial charge in [-0.2, -0.15) is 0 Å². The fourth-order valence-electron chi connectivity index (χ4n) is 4.06. The SMILES string of the molecule is O=C1NC(c2cc(F)ccc2Cl)c2c(NC(=O)N3CCc4cnccc43)cccc21. The maximum atomic E-state index is 13.9. The molecule has 2 N–H and O–H groups in total. The average molecular weight is 423 g/mol. The van der Waals surface area contributed by atoms with Crippen LogP contribution >= 0.6 is 11.6 Å². The number of urea groups is 1. The highest BCUT2D eigenvalue weighted by Crippen LogP contribution is 2.39. The number of nitrogens with zero attached hydrogens (tertiary/aromatic N) is 2. The molecule has 0 fully saturated rings. The first-order valence-electron chi connectivity index (χ1n) is 9.43. The Morgan fingerprint density at radius 1 is 1.27 bits per heavy atom. The van der Waals surface area contributed by atoms with Crippen molar-refractivity contribution in [2.24, 2.45) is 0 Å². The Bertz CT molecular complexity index is 1200. The van der Waals surface area contributed by atoms with Crippen LogP contribution in [-0.2, 0) is 6.42 Å². The van der Waals surface area contributed by atoms with Crippen LogP contribution in [-0.4, -0.2) is 23.5 Å². The molecule has 0 saturated carbocycles. The number of anilines is 2. The van der Waals surface area contributed by atoms with Gasteiger partial charge in [0, 0.05) is 46.3 Å². The number of amides is 3. The van der Waals surface area contributed by atoms with E-state index in [-0.39, 0.29) is 11.9 Å². The van der Waals surface area contributed by atoms with Gasteiger partial charge in [0.1, 0.15) is 5.82 Å². The summed E-state index contributed by atoms with van der Waals surface area (Å²) >= 11 is 6.29. The Morgan fingerprint density at radius 2 is 2.13 bits per heavy atom. The number of fused-ring (bicyclic) bond motifs is 2. The number of halogens is 2. The zero-order valence-electron chi connectivity index (χ0n) is 15.7. The van der Waals surface area contributed by atoms with Crippen molar-refractivity contribution < 1.29 is 14.0 Å². The smallest absolute Gasteiger partial charge is 0.326 e. The van der Waals surface area contributed by atoms with Crippen molar-refractivity contribution in [3.05, 3.63) is 88.0 Å². The van der Waals surface area contributed by atoms with E-state index in [9.17, 15) is 14.0 Å². The number of carbonyl (C=O) groups excluding carboxylic acids is 2. The molecule has 5 rings (SSSR count). The van der Waals surface area contributed by atoms with Crippen molar-refractivity contribution in [1.29, 1.82) is 0 Å². The fraction of sp³-hybridized carbons (Fsp3) is 0.136. The zero-order chi connectivity index (χ0) is 20.8. The third-order valence-electron chi connectivity index (χ3n) is 5.44. The van der Waals surface area contributed by atoms with Crippen molar-refractivity contribution in [2.45, 2.75) is 12.5 Å². The van der Waals surface area contributed by atoms with Gasteiger partial charge in [0.05, 0.1) is 11.7 Å². The summed E-state index contributed by atoms with van der Waals surface area (Å²) < 4.78 is 13.9. The predicted molar refractivity (Wildman–Crippen MR) is 111 cm³/mol. The second-order valence-corrected chi connectivity index (χ2v) is 7.58. The van der Waals surface area contributed by atoms with Crippen LogP contribution in [0.2, 0.25) is 5.02 Å². The first kappa shape index (κ1) is 18.6. The van der Waals surface area contributed by atoms with E-state index in [4.69, 9.17) is 11.6 Å². The number of carbonyl (C=O) groups is 2. The van der Waals surface area contributed by atoms with Gasteiger partial charge in [0.15, 0.2) is 0 Å². The minimum Gasteiger partial charge on any atom is -0.341 e. The molecule has 3 heterocycles. The molecule has 3 amide bonds. The van der Waals surface area contributed by atoms with Crippen LogP contribution in [0.5, 0.6) is 0 Å². The highest BCUT2D eigenvalue weighted by atomic mass is 35.5. The minimum absolute atomic E-state index is 0.302. The van der Waals surface area contributed by atoms with Crippen LogP contribution in [0.3, 0.4) is 0 Å². The second-order valence-electron chi connectivity index (χ2n) is 7.18. The Kier molecular flexibility index (Phi) is 4.40. The summed E-state index contributed by atoms with van der Waals surface area (Å²) in [4.78, 5) is 31.3. The number of hydrogen-bond donors (Lipinski definition) is 2. The highest BCUT2D eigenvalue weighted by Gasteiger charge is 2.34. The summed E-state index contributed by atoms with van der Waals surface area (Å²) in [6.07, 6.45) is 4.13. The van der Waals surface area contributed by atoms with E-state index >= 15 is 0 Å². The van der Waals surface area contributed by atoms with Crippen LogP contribution < -0.4 is 15.5 Å². The van der Waals surface area contributed by atoms with Gasteiger partial charge in [0.25, 0.3) is 5.91 Å². The van der Waals surface area contributed by atoms with Gasteiger partial charge in [-0.15, -0.1) is 0 Å². The van der Waals surface area contributed by atoms with E-state index < -0.39 is 11.9 Å². The van der Waals surface area contributed by atoms with Crippen molar-refractivity contribution in [2.75, 3.05) is 16.8 Å². The van der Waals surface area contributed by atoms with Gasteiger partial charge in [-0.1, -0.05) is 17.7 Å². The standard InChI is InChI=1S/C22H16ClFN4O2/c23-16-5-4-13(24)10-15(16)20-19-14(21(29)27-20)2-1-3-17(19)26-22(30)28-9-7-12-11-25-8-6-18(12)28/h1-6,8,10-11,20H,7,9H2,(H,26,30)(H,27,29). The van der Waals surface area contributed by atoms with E-state index in [0.717, 1.165) is 17.7 Å². The Hall–Kier alpha value is -3.45. The summed E-state index contributed by atoms with van der Waals surface area (Å²) in [6, 6.07) is 9.93.